The Kier molecular flexibility index (Phi) is 4.05. The van der Waals surface area contributed by atoms with Crippen LogP contribution in [0.25, 0.3) is 0 Å². The van der Waals surface area contributed by atoms with Crippen molar-refractivity contribution in [1.82, 2.24) is 5.32 Å². The van der Waals surface area contributed by atoms with Crippen molar-refractivity contribution in [3.05, 3.63) is 71.3 Å². The fraction of sp³-hybridized carbons (Fsp3) is 0.200. The summed E-state index contributed by atoms with van der Waals surface area (Å²) < 4.78 is 25.8. The van der Waals surface area contributed by atoms with Crippen LogP contribution in [0.3, 0.4) is 0 Å². The monoisotopic (exact) mass is 247 g/mol. The van der Waals surface area contributed by atoms with Crippen molar-refractivity contribution >= 4 is 0 Å². The Morgan fingerprint density at radius 2 is 1.72 bits per heavy atom. The second-order valence-corrected chi connectivity index (χ2v) is 4.28. The highest BCUT2D eigenvalue weighted by atomic mass is 19.1. The van der Waals surface area contributed by atoms with E-state index in [1.165, 1.54) is 24.3 Å². The van der Waals surface area contributed by atoms with Gasteiger partial charge in [-0.1, -0.05) is 24.3 Å². The Balaban J connectivity index is 1.96. The summed E-state index contributed by atoms with van der Waals surface area (Å²) in [6.07, 6.45) is 0. The fourth-order valence-corrected chi connectivity index (χ4v) is 1.79. The highest BCUT2D eigenvalue weighted by Gasteiger charge is 2.05. The van der Waals surface area contributed by atoms with E-state index in [4.69, 9.17) is 0 Å². The van der Waals surface area contributed by atoms with Crippen LogP contribution in [0.4, 0.5) is 8.78 Å². The number of halogens is 2. The van der Waals surface area contributed by atoms with Gasteiger partial charge in [-0.2, -0.15) is 0 Å². The van der Waals surface area contributed by atoms with Crippen molar-refractivity contribution < 1.29 is 8.78 Å². The molecule has 0 aliphatic heterocycles. The zero-order valence-electron chi connectivity index (χ0n) is 10.2. The third-order valence-corrected chi connectivity index (χ3v) is 2.87. The fourth-order valence-electron chi connectivity index (χ4n) is 1.79. The molecule has 94 valence electrons. The lowest BCUT2D eigenvalue weighted by atomic mass is 10.1. The molecule has 0 bridgehead atoms. The number of benzene rings is 2. The maximum absolute atomic E-state index is 13.0. The van der Waals surface area contributed by atoms with E-state index in [9.17, 15) is 8.78 Å². The molecule has 2 aromatic rings. The predicted octanol–water partition coefficient (Wildman–Crippen LogP) is 3.82. The molecule has 0 aliphatic rings. The zero-order valence-corrected chi connectivity index (χ0v) is 10.2. The Hall–Kier alpha value is -1.74. The first kappa shape index (κ1) is 12.7. The van der Waals surface area contributed by atoms with Gasteiger partial charge < -0.3 is 5.32 Å². The van der Waals surface area contributed by atoms with Gasteiger partial charge in [0.2, 0.25) is 0 Å². The van der Waals surface area contributed by atoms with Crippen LogP contribution >= 0.6 is 0 Å². The number of nitrogens with one attached hydrogen (secondary N) is 1. The van der Waals surface area contributed by atoms with Crippen molar-refractivity contribution in [1.29, 1.82) is 0 Å². The topological polar surface area (TPSA) is 12.0 Å². The molecule has 0 spiro atoms. The quantitative estimate of drug-likeness (QED) is 0.866. The minimum atomic E-state index is -0.240. The van der Waals surface area contributed by atoms with E-state index in [1.54, 1.807) is 18.2 Å². The van der Waals surface area contributed by atoms with E-state index in [0.717, 1.165) is 11.1 Å². The standard InChI is InChI=1S/C15H15F2N/c1-11(13-5-7-14(16)8-6-13)18-10-12-3-2-4-15(17)9-12/h2-9,11,18H,10H2,1H3/t11-/m1/s1. The Morgan fingerprint density at radius 3 is 2.39 bits per heavy atom. The molecular weight excluding hydrogens is 232 g/mol. The van der Waals surface area contributed by atoms with Gasteiger partial charge in [0.15, 0.2) is 0 Å². The highest BCUT2D eigenvalue weighted by molar-refractivity contribution is 5.20. The maximum atomic E-state index is 13.0. The molecular formula is C15H15F2N. The second kappa shape index (κ2) is 5.74. The summed E-state index contributed by atoms with van der Waals surface area (Å²) in [6.45, 7) is 2.57. The summed E-state index contributed by atoms with van der Waals surface area (Å²) in [7, 11) is 0. The summed E-state index contributed by atoms with van der Waals surface area (Å²) in [4.78, 5) is 0. The molecule has 3 heteroatoms. The van der Waals surface area contributed by atoms with E-state index in [-0.39, 0.29) is 17.7 Å². The van der Waals surface area contributed by atoms with Crippen molar-refractivity contribution in [3.63, 3.8) is 0 Å². The molecule has 0 unspecified atom stereocenters. The molecule has 0 heterocycles. The van der Waals surface area contributed by atoms with Crippen LogP contribution in [0, 0.1) is 11.6 Å². The second-order valence-electron chi connectivity index (χ2n) is 4.28. The molecule has 0 saturated carbocycles. The Bertz CT molecular complexity index is 508. The number of hydrogen-bond acceptors (Lipinski definition) is 1. The van der Waals surface area contributed by atoms with Crippen LogP contribution < -0.4 is 5.32 Å². The van der Waals surface area contributed by atoms with Crippen LogP contribution in [-0.2, 0) is 6.54 Å². The summed E-state index contributed by atoms with van der Waals surface area (Å²) in [5, 5.41) is 3.27. The first-order valence-electron chi connectivity index (χ1n) is 5.88. The molecule has 2 aromatic carbocycles. The zero-order chi connectivity index (χ0) is 13.0. The van der Waals surface area contributed by atoms with Gasteiger partial charge in [-0.3, -0.25) is 0 Å². The molecule has 0 aliphatic carbocycles. The van der Waals surface area contributed by atoms with Gasteiger partial charge in [0, 0.05) is 12.6 Å². The van der Waals surface area contributed by atoms with Gasteiger partial charge in [0.1, 0.15) is 11.6 Å². The van der Waals surface area contributed by atoms with E-state index in [2.05, 4.69) is 5.32 Å². The maximum Gasteiger partial charge on any atom is 0.123 e. The highest BCUT2D eigenvalue weighted by Crippen LogP contribution is 2.14. The van der Waals surface area contributed by atoms with Gasteiger partial charge in [-0.25, -0.2) is 8.78 Å². The minimum Gasteiger partial charge on any atom is -0.306 e. The van der Waals surface area contributed by atoms with Gasteiger partial charge in [0.05, 0.1) is 0 Å². The third kappa shape index (κ3) is 3.37. The number of hydrogen-bond donors (Lipinski definition) is 1. The van der Waals surface area contributed by atoms with Crippen molar-refractivity contribution in [2.45, 2.75) is 19.5 Å². The summed E-state index contributed by atoms with van der Waals surface area (Å²) in [5.41, 5.74) is 1.90. The van der Waals surface area contributed by atoms with Crippen LogP contribution in [-0.4, -0.2) is 0 Å². The molecule has 18 heavy (non-hydrogen) atoms. The van der Waals surface area contributed by atoms with Crippen molar-refractivity contribution in [2.75, 3.05) is 0 Å². The average Bonchev–Trinajstić information content (AvgIpc) is 2.37. The van der Waals surface area contributed by atoms with Crippen LogP contribution in [0.2, 0.25) is 0 Å². The van der Waals surface area contributed by atoms with E-state index < -0.39 is 0 Å². The summed E-state index contributed by atoms with van der Waals surface area (Å²) >= 11 is 0. The van der Waals surface area contributed by atoms with E-state index in [1.807, 2.05) is 13.0 Å². The van der Waals surface area contributed by atoms with Crippen LogP contribution in [0.15, 0.2) is 48.5 Å². The SMILES string of the molecule is C[C@@H](NCc1cccc(F)c1)c1ccc(F)cc1. The molecule has 0 aromatic heterocycles. The molecule has 1 atom stereocenters. The molecule has 0 saturated heterocycles. The summed E-state index contributed by atoms with van der Waals surface area (Å²) in [6, 6.07) is 13.0. The Morgan fingerprint density at radius 1 is 1.00 bits per heavy atom. The molecule has 0 amide bonds. The molecule has 1 nitrogen and oxygen atoms in total. The number of rotatable bonds is 4. The van der Waals surface area contributed by atoms with Crippen molar-refractivity contribution in [2.24, 2.45) is 0 Å². The first-order chi connectivity index (χ1) is 8.65. The van der Waals surface area contributed by atoms with Crippen molar-refractivity contribution in [3.8, 4) is 0 Å². The van der Waals surface area contributed by atoms with Crippen LogP contribution in [0.5, 0.6) is 0 Å². The van der Waals surface area contributed by atoms with Crippen LogP contribution in [0.1, 0.15) is 24.1 Å². The largest absolute Gasteiger partial charge is 0.306 e. The third-order valence-electron chi connectivity index (χ3n) is 2.87. The van der Waals surface area contributed by atoms with Gasteiger partial charge in [-0.05, 0) is 42.3 Å². The first-order valence-corrected chi connectivity index (χ1v) is 5.88. The Labute approximate surface area is 105 Å². The molecule has 1 N–H and O–H groups in total. The normalized spacial score (nSPS) is 12.4. The smallest absolute Gasteiger partial charge is 0.123 e. The lowest BCUT2D eigenvalue weighted by Crippen LogP contribution is -2.18. The van der Waals surface area contributed by atoms with Gasteiger partial charge in [-0.15, -0.1) is 0 Å². The van der Waals surface area contributed by atoms with Gasteiger partial charge in [0.25, 0.3) is 0 Å². The molecule has 2 rings (SSSR count). The van der Waals surface area contributed by atoms with E-state index in [0.29, 0.717) is 6.54 Å². The predicted molar refractivity (Wildman–Crippen MR) is 68.1 cm³/mol. The van der Waals surface area contributed by atoms with Gasteiger partial charge >= 0.3 is 0 Å². The van der Waals surface area contributed by atoms with E-state index >= 15 is 0 Å². The minimum absolute atomic E-state index is 0.0915. The lowest BCUT2D eigenvalue weighted by molar-refractivity contribution is 0.566. The summed E-state index contributed by atoms with van der Waals surface area (Å²) in [5.74, 6) is -0.472. The molecule has 0 radical (unpaired) electrons. The molecule has 0 fully saturated rings. The average molecular weight is 247 g/mol. The lowest BCUT2D eigenvalue weighted by Gasteiger charge is -2.14.